The highest BCUT2D eigenvalue weighted by Gasteiger charge is 2.18. The van der Waals surface area contributed by atoms with Gasteiger partial charge in [-0.15, -0.1) is 0 Å². The molecule has 1 amide bonds. The van der Waals surface area contributed by atoms with Crippen LogP contribution in [-0.2, 0) is 13.0 Å². The van der Waals surface area contributed by atoms with Crippen molar-refractivity contribution in [2.24, 2.45) is 10.7 Å². The Morgan fingerprint density at radius 1 is 1.28 bits per heavy atom. The van der Waals surface area contributed by atoms with Crippen LogP contribution in [-0.4, -0.2) is 32.4 Å². The molecule has 0 unspecified atom stereocenters. The van der Waals surface area contributed by atoms with E-state index < -0.39 is 5.91 Å². The van der Waals surface area contributed by atoms with Gasteiger partial charge in [-0.25, -0.2) is 4.99 Å². The number of carbonyl (C=O) groups is 1. The summed E-state index contributed by atoms with van der Waals surface area (Å²) >= 11 is 0. The number of amides is 1. The van der Waals surface area contributed by atoms with Crippen molar-refractivity contribution >= 4 is 17.9 Å². The largest absolute Gasteiger partial charge is 0.392 e. The summed E-state index contributed by atoms with van der Waals surface area (Å²) in [6, 6.07) is 11.0. The first-order valence-corrected chi connectivity index (χ1v) is 7.68. The molecule has 0 fully saturated rings. The molecule has 0 aliphatic carbocycles. The van der Waals surface area contributed by atoms with Crippen molar-refractivity contribution in [3.05, 3.63) is 76.7 Å². The van der Waals surface area contributed by atoms with E-state index in [1.807, 2.05) is 30.3 Å². The highest BCUT2D eigenvalue weighted by atomic mass is 16.3. The molecule has 0 saturated carbocycles. The van der Waals surface area contributed by atoms with Gasteiger partial charge in [0.1, 0.15) is 5.56 Å². The number of nitrogens with two attached hydrogens (primary N) is 1. The maximum Gasteiger partial charge on any atom is 0.254 e. The quantitative estimate of drug-likeness (QED) is 0.595. The van der Waals surface area contributed by atoms with Crippen LogP contribution in [0.2, 0.25) is 0 Å². The molecule has 0 atom stereocenters. The van der Waals surface area contributed by atoms with Crippen LogP contribution in [0.4, 0.5) is 5.82 Å². The molecule has 0 saturated heterocycles. The highest BCUT2D eigenvalue weighted by molar-refractivity contribution is 5.99. The van der Waals surface area contributed by atoms with Gasteiger partial charge < -0.3 is 10.8 Å². The number of aliphatic hydroxyl groups is 1. The molecule has 3 rings (SSSR count). The van der Waals surface area contributed by atoms with Gasteiger partial charge in [0.2, 0.25) is 0 Å². The van der Waals surface area contributed by atoms with Gasteiger partial charge in [0.25, 0.3) is 5.91 Å². The fourth-order valence-electron chi connectivity index (χ4n) is 2.49. The second-order valence-electron chi connectivity index (χ2n) is 5.42. The van der Waals surface area contributed by atoms with Crippen molar-refractivity contribution in [1.82, 2.24) is 15.2 Å². The average Bonchev–Trinajstić information content (AvgIpc) is 3.03. The number of nitrogens with one attached hydrogen (secondary N) is 1. The van der Waals surface area contributed by atoms with Gasteiger partial charge in [-0.2, -0.15) is 5.10 Å². The molecule has 0 aliphatic heterocycles. The fourth-order valence-corrected chi connectivity index (χ4v) is 2.49. The number of benzene rings is 1. The number of H-pyrrole nitrogens is 1. The molecule has 0 aliphatic rings. The summed E-state index contributed by atoms with van der Waals surface area (Å²) in [6.45, 7) is -0.0995. The van der Waals surface area contributed by atoms with Gasteiger partial charge >= 0.3 is 0 Å². The number of rotatable bonds is 6. The molecular weight excluding hydrogens is 318 g/mol. The summed E-state index contributed by atoms with van der Waals surface area (Å²) in [6.07, 6.45) is 5.40. The lowest BCUT2D eigenvalue weighted by molar-refractivity contribution is 0.100. The Balaban J connectivity index is 1.92. The number of aromatic amines is 1. The van der Waals surface area contributed by atoms with E-state index in [1.54, 1.807) is 24.7 Å². The van der Waals surface area contributed by atoms with Crippen molar-refractivity contribution in [3.63, 3.8) is 0 Å². The zero-order valence-corrected chi connectivity index (χ0v) is 13.4. The molecule has 2 heterocycles. The number of aromatic nitrogens is 3. The van der Waals surface area contributed by atoms with Gasteiger partial charge in [0, 0.05) is 25.0 Å². The van der Waals surface area contributed by atoms with E-state index in [0.29, 0.717) is 12.1 Å². The molecule has 25 heavy (non-hydrogen) atoms. The lowest BCUT2D eigenvalue weighted by Crippen LogP contribution is -2.13. The molecule has 0 radical (unpaired) electrons. The summed E-state index contributed by atoms with van der Waals surface area (Å²) in [4.78, 5) is 20.2. The molecule has 1 aromatic carbocycles. The predicted molar refractivity (Wildman–Crippen MR) is 93.8 cm³/mol. The van der Waals surface area contributed by atoms with Crippen molar-refractivity contribution in [3.8, 4) is 0 Å². The Bertz CT molecular complexity index is 903. The van der Waals surface area contributed by atoms with Crippen molar-refractivity contribution < 1.29 is 9.90 Å². The number of carbonyl (C=O) groups excluding carboxylic acids is 1. The van der Waals surface area contributed by atoms with E-state index >= 15 is 0 Å². The molecule has 126 valence electrons. The van der Waals surface area contributed by atoms with E-state index in [0.717, 1.165) is 16.7 Å². The monoisotopic (exact) mass is 335 g/mol. The summed E-state index contributed by atoms with van der Waals surface area (Å²) in [5, 5.41) is 16.3. The Morgan fingerprint density at radius 2 is 2.12 bits per heavy atom. The van der Waals surface area contributed by atoms with Gasteiger partial charge in [-0.3, -0.25) is 14.9 Å². The van der Waals surface area contributed by atoms with Crippen LogP contribution in [0.25, 0.3) is 0 Å². The lowest BCUT2D eigenvalue weighted by Gasteiger charge is -2.02. The second kappa shape index (κ2) is 7.50. The van der Waals surface area contributed by atoms with Crippen LogP contribution < -0.4 is 5.73 Å². The number of primary amides is 1. The van der Waals surface area contributed by atoms with Crippen LogP contribution in [0.1, 0.15) is 32.7 Å². The first-order valence-electron chi connectivity index (χ1n) is 7.68. The summed E-state index contributed by atoms with van der Waals surface area (Å²) in [5.74, 6) is -0.380. The van der Waals surface area contributed by atoms with E-state index in [1.165, 1.54) is 0 Å². The highest BCUT2D eigenvalue weighted by Crippen LogP contribution is 2.21. The Labute approximate surface area is 144 Å². The topological polar surface area (TPSA) is 117 Å². The van der Waals surface area contributed by atoms with Crippen molar-refractivity contribution in [2.45, 2.75) is 13.0 Å². The predicted octanol–water partition coefficient (Wildman–Crippen LogP) is 1.74. The number of hydrogen-bond acceptors (Lipinski definition) is 5. The Kier molecular flexibility index (Phi) is 4.96. The van der Waals surface area contributed by atoms with E-state index in [9.17, 15) is 9.90 Å². The van der Waals surface area contributed by atoms with Gasteiger partial charge in [-0.1, -0.05) is 30.3 Å². The summed E-state index contributed by atoms with van der Waals surface area (Å²) < 4.78 is 0. The lowest BCUT2D eigenvalue weighted by atomic mass is 10.1. The Hall–Kier alpha value is -3.32. The first kappa shape index (κ1) is 16.5. The van der Waals surface area contributed by atoms with Gasteiger partial charge in [0.15, 0.2) is 5.82 Å². The maximum absolute atomic E-state index is 11.9. The van der Waals surface area contributed by atoms with Gasteiger partial charge in [0.05, 0.1) is 12.3 Å². The molecule has 2 aromatic heterocycles. The van der Waals surface area contributed by atoms with E-state index in [4.69, 9.17) is 5.73 Å². The molecule has 7 nitrogen and oxygen atoms in total. The smallest absolute Gasteiger partial charge is 0.254 e. The minimum absolute atomic E-state index is 0.0995. The third-order valence-electron chi connectivity index (χ3n) is 3.72. The molecule has 7 heteroatoms. The fraction of sp³-hybridized carbons (Fsp3) is 0.111. The third-order valence-corrected chi connectivity index (χ3v) is 3.72. The number of pyridine rings is 1. The van der Waals surface area contributed by atoms with E-state index in [-0.39, 0.29) is 18.0 Å². The summed E-state index contributed by atoms with van der Waals surface area (Å²) in [5.41, 5.74) is 8.76. The second-order valence-corrected chi connectivity index (χ2v) is 5.42. The number of hydrogen-bond donors (Lipinski definition) is 3. The van der Waals surface area contributed by atoms with Gasteiger partial charge in [-0.05, 0) is 22.8 Å². The molecule has 0 bridgehead atoms. The van der Waals surface area contributed by atoms with Crippen LogP contribution in [0, 0.1) is 0 Å². The number of nitrogens with zero attached hydrogens (tertiary/aromatic N) is 3. The van der Waals surface area contributed by atoms with Crippen LogP contribution >= 0.6 is 0 Å². The number of aliphatic imine (C=N–C) groups is 1. The van der Waals surface area contributed by atoms with Crippen LogP contribution in [0.15, 0.2) is 53.8 Å². The van der Waals surface area contributed by atoms with E-state index in [2.05, 4.69) is 20.2 Å². The number of aliphatic hydroxyl groups excluding tert-OH is 1. The minimum atomic E-state index is -0.602. The zero-order valence-electron chi connectivity index (χ0n) is 13.4. The SMILES string of the molecule is NC(=O)c1c(N=Cc2ccccc2CO)n[nH]c1Cc1cccnc1. The van der Waals surface area contributed by atoms with Crippen molar-refractivity contribution in [1.29, 1.82) is 0 Å². The van der Waals surface area contributed by atoms with Crippen molar-refractivity contribution in [2.75, 3.05) is 0 Å². The minimum Gasteiger partial charge on any atom is -0.392 e. The molecular formula is C18H17N5O2. The molecule has 3 aromatic rings. The third kappa shape index (κ3) is 3.78. The normalized spacial score (nSPS) is 11.1. The standard InChI is InChI=1S/C18H17N5O2/c19-17(25)16-15(8-12-4-3-7-20-9-12)22-23-18(16)21-10-13-5-1-2-6-14(13)11-24/h1-7,9-10,24H,8,11H2,(H2,19,25)(H,22,23). The van der Waals surface area contributed by atoms with Crippen LogP contribution in [0.3, 0.4) is 0 Å². The molecule has 4 N–H and O–H groups in total. The summed E-state index contributed by atoms with van der Waals surface area (Å²) in [7, 11) is 0. The zero-order chi connectivity index (χ0) is 17.6. The average molecular weight is 335 g/mol. The maximum atomic E-state index is 11.9. The van der Waals surface area contributed by atoms with Crippen LogP contribution in [0.5, 0.6) is 0 Å². The Morgan fingerprint density at radius 3 is 2.84 bits per heavy atom. The molecule has 0 spiro atoms. The first-order chi connectivity index (χ1) is 12.2.